The van der Waals surface area contributed by atoms with Crippen molar-refractivity contribution in [2.24, 2.45) is 0 Å². The summed E-state index contributed by atoms with van der Waals surface area (Å²) in [6.07, 6.45) is 0. The molecule has 0 atom stereocenters. The molecule has 0 saturated carbocycles. The minimum atomic E-state index is -1.16. The zero-order valence-corrected chi connectivity index (χ0v) is 9.77. The summed E-state index contributed by atoms with van der Waals surface area (Å²) in [5, 5.41) is 15.2. The minimum absolute atomic E-state index is 0.156. The molecule has 0 amide bonds. The van der Waals surface area contributed by atoms with E-state index in [2.05, 4.69) is 10.1 Å². The van der Waals surface area contributed by atoms with Gasteiger partial charge in [-0.2, -0.15) is 5.10 Å². The third-order valence-corrected chi connectivity index (χ3v) is 2.89. The van der Waals surface area contributed by atoms with Crippen LogP contribution in [-0.4, -0.2) is 25.8 Å². The minimum Gasteiger partial charge on any atom is -0.476 e. The van der Waals surface area contributed by atoms with Crippen LogP contribution in [0.25, 0.3) is 0 Å². The highest BCUT2D eigenvalue weighted by molar-refractivity contribution is 7.09. The van der Waals surface area contributed by atoms with Crippen molar-refractivity contribution in [3.05, 3.63) is 44.3 Å². The number of aromatic nitrogens is 3. The maximum Gasteiger partial charge on any atom is 0.356 e. The fourth-order valence-electron chi connectivity index (χ4n) is 1.31. The number of nitrogens with zero attached hydrogens (tertiary/aromatic N) is 3. The third kappa shape index (κ3) is 2.56. The van der Waals surface area contributed by atoms with Gasteiger partial charge in [-0.1, -0.05) is 0 Å². The highest BCUT2D eigenvalue weighted by Crippen LogP contribution is 2.08. The SMILES string of the molecule is Cc1nc(Cn2nc(C(=O)O)ccc2=O)cs1. The van der Waals surface area contributed by atoms with Crippen molar-refractivity contribution < 1.29 is 9.90 Å². The lowest BCUT2D eigenvalue weighted by atomic mass is 10.4. The van der Waals surface area contributed by atoms with Crippen molar-refractivity contribution in [2.45, 2.75) is 13.5 Å². The Labute approximate surface area is 100 Å². The molecule has 1 N–H and O–H groups in total. The van der Waals surface area contributed by atoms with Crippen molar-refractivity contribution in [3.8, 4) is 0 Å². The number of aryl methyl sites for hydroxylation is 1. The number of aromatic carboxylic acids is 1. The molecule has 2 aromatic rings. The zero-order valence-electron chi connectivity index (χ0n) is 8.95. The summed E-state index contributed by atoms with van der Waals surface area (Å²) in [4.78, 5) is 26.4. The Bertz CT molecular complexity index is 617. The molecular formula is C10H9N3O3S. The first-order valence-corrected chi connectivity index (χ1v) is 5.66. The molecule has 0 aliphatic rings. The van der Waals surface area contributed by atoms with Gasteiger partial charge in [0.25, 0.3) is 5.56 Å². The number of carboxylic acids is 1. The van der Waals surface area contributed by atoms with E-state index >= 15 is 0 Å². The molecule has 0 aliphatic heterocycles. The number of carbonyl (C=O) groups is 1. The molecule has 88 valence electrons. The van der Waals surface area contributed by atoms with E-state index < -0.39 is 5.97 Å². The van der Waals surface area contributed by atoms with Crippen LogP contribution in [0.3, 0.4) is 0 Å². The molecule has 0 bridgehead atoms. The van der Waals surface area contributed by atoms with E-state index in [9.17, 15) is 9.59 Å². The van der Waals surface area contributed by atoms with E-state index in [1.165, 1.54) is 23.5 Å². The van der Waals surface area contributed by atoms with Gasteiger partial charge in [-0.15, -0.1) is 11.3 Å². The Kier molecular flexibility index (Phi) is 3.01. The van der Waals surface area contributed by atoms with Gasteiger partial charge < -0.3 is 5.11 Å². The molecule has 7 heteroatoms. The Hall–Kier alpha value is -2.02. The average Bonchev–Trinajstić information content (AvgIpc) is 2.67. The summed E-state index contributed by atoms with van der Waals surface area (Å²) in [7, 11) is 0. The number of thiazole rings is 1. The predicted octanol–water partition coefficient (Wildman–Crippen LogP) is 0.755. The maximum atomic E-state index is 11.5. The molecule has 0 fully saturated rings. The normalized spacial score (nSPS) is 10.4. The lowest BCUT2D eigenvalue weighted by Gasteiger charge is -2.02. The second kappa shape index (κ2) is 4.46. The highest BCUT2D eigenvalue weighted by Gasteiger charge is 2.08. The van der Waals surface area contributed by atoms with Crippen LogP contribution >= 0.6 is 11.3 Å². The van der Waals surface area contributed by atoms with E-state index in [1.807, 2.05) is 12.3 Å². The quantitative estimate of drug-likeness (QED) is 0.870. The van der Waals surface area contributed by atoms with Gasteiger partial charge in [0.05, 0.1) is 17.2 Å². The molecule has 2 heterocycles. The van der Waals surface area contributed by atoms with Gasteiger partial charge in [-0.25, -0.2) is 14.5 Å². The van der Waals surface area contributed by atoms with Crippen LogP contribution in [-0.2, 0) is 6.54 Å². The fraction of sp³-hybridized carbons (Fsp3) is 0.200. The van der Waals surface area contributed by atoms with Crippen molar-refractivity contribution in [1.82, 2.24) is 14.8 Å². The van der Waals surface area contributed by atoms with Crippen LogP contribution in [0.1, 0.15) is 21.2 Å². The molecule has 0 unspecified atom stereocenters. The molecule has 17 heavy (non-hydrogen) atoms. The van der Waals surface area contributed by atoms with Crippen LogP contribution in [0, 0.1) is 6.92 Å². The Morgan fingerprint density at radius 3 is 2.88 bits per heavy atom. The average molecular weight is 251 g/mol. The number of hydrogen-bond donors (Lipinski definition) is 1. The largest absolute Gasteiger partial charge is 0.476 e. The molecule has 0 saturated heterocycles. The summed E-state index contributed by atoms with van der Waals surface area (Å²) in [6, 6.07) is 2.38. The Balaban J connectivity index is 2.35. The van der Waals surface area contributed by atoms with Crippen molar-refractivity contribution in [1.29, 1.82) is 0 Å². The first-order chi connectivity index (χ1) is 8.06. The van der Waals surface area contributed by atoms with Crippen molar-refractivity contribution >= 4 is 17.3 Å². The van der Waals surface area contributed by atoms with Gasteiger partial charge in [0.2, 0.25) is 0 Å². The highest BCUT2D eigenvalue weighted by atomic mass is 32.1. The van der Waals surface area contributed by atoms with Gasteiger partial charge in [0, 0.05) is 11.4 Å². The Morgan fingerprint density at radius 2 is 2.29 bits per heavy atom. The van der Waals surface area contributed by atoms with E-state index in [0.717, 1.165) is 9.69 Å². The summed E-state index contributed by atoms with van der Waals surface area (Å²) in [5.41, 5.74) is 0.196. The molecule has 2 rings (SSSR count). The van der Waals surface area contributed by atoms with E-state index in [-0.39, 0.29) is 17.8 Å². The fourth-order valence-corrected chi connectivity index (χ4v) is 1.91. The monoisotopic (exact) mass is 251 g/mol. The first-order valence-electron chi connectivity index (χ1n) is 4.79. The molecule has 0 radical (unpaired) electrons. The van der Waals surface area contributed by atoms with Crippen LogP contribution in [0.2, 0.25) is 0 Å². The van der Waals surface area contributed by atoms with Crippen LogP contribution in [0.15, 0.2) is 22.3 Å². The first kappa shape index (κ1) is 11.5. The van der Waals surface area contributed by atoms with E-state index in [1.54, 1.807) is 0 Å². The standard InChI is InChI=1S/C10H9N3O3S/c1-6-11-7(5-17-6)4-13-9(14)3-2-8(12-13)10(15)16/h2-3,5H,4H2,1H3,(H,15,16). The van der Waals surface area contributed by atoms with Gasteiger partial charge in [0.1, 0.15) is 0 Å². The zero-order chi connectivity index (χ0) is 12.4. The molecule has 2 aromatic heterocycles. The molecule has 0 aliphatic carbocycles. The van der Waals surface area contributed by atoms with Gasteiger partial charge in [-0.3, -0.25) is 4.79 Å². The number of hydrogen-bond acceptors (Lipinski definition) is 5. The van der Waals surface area contributed by atoms with Crippen LogP contribution in [0.5, 0.6) is 0 Å². The molecule has 0 aromatic carbocycles. The number of rotatable bonds is 3. The molecule has 6 nitrogen and oxygen atoms in total. The van der Waals surface area contributed by atoms with Gasteiger partial charge >= 0.3 is 5.97 Å². The van der Waals surface area contributed by atoms with Crippen LogP contribution < -0.4 is 5.56 Å². The van der Waals surface area contributed by atoms with Gasteiger partial charge in [0.15, 0.2) is 5.69 Å². The Morgan fingerprint density at radius 1 is 1.53 bits per heavy atom. The van der Waals surface area contributed by atoms with Gasteiger partial charge in [-0.05, 0) is 13.0 Å². The topological polar surface area (TPSA) is 85.1 Å². The third-order valence-electron chi connectivity index (χ3n) is 2.06. The summed E-state index contributed by atoms with van der Waals surface area (Å²) in [6.45, 7) is 2.04. The van der Waals surface area contributed by atoms with E-state index in [0.29, 0.717) is 5.69 Å². The summed E-state index contributed by atoms with van der Waals surface area (Å²) >= 11 is 1.47. The lowest BCUT2D eigenvalue weighted by Crippen LogP contribution is -2.24. The van der Waals surface area contributed by atoms with Crippen molar-refractivity contribution in [3.63, 3.8) is 0 Å². The smallest absolute Gasteiger partial charge is 0.356 e. The maximum absolute atomic E-state index is 11.5. The molecular weight excluding hydrogens is 242 g/mol. The van der Waals surface area contributed by atoms with Crippen molar-refractivity contribution in [2.75, 3.05) is 0 Å². The lowest BCUT2D eigenvalue weighted by molar-refractivity contribution is 0.0687. The second-order valence-corrected chi connectivity index (χ2v) is 4.44. The predicted molar refractivity (Wildman–Crippen MR) is 61.4 cm³/mol. The van der Waals surface area contributed by atoms with Crippen LogP contribution in [0.4, 0.5) is 0 Å². The second-order valence-electron chi connectivity index (χ2n) is 3.38. The van der Waals surface area contributed by atoms with E-state index in [4.69, 9.17) is 5.11 Å². The molecule has 0 spiro atoms. The summed E-state index contributed by atoms with van der Waals surface area (Å²) < 4.78 is 1.10. The summed E-state index contributed by atoms with van der Waals surface area (Å²) in [5.74, 6) is -1.16. The number of carboxylic acid groups (broad SMARTS) is 1.